The van der Waals surface area contributed by atoms with E-state index < -0.39 is 0 Å². The van der Waals surface area contributed by atoms with Gasteiger partial charge in [-0.25, -0.2) is 0 Å². The van der Waals surface area contributed by atoms with Crippen molar-refractivity contribution < 1.29 is 9.28 Å². The van der Waals surface area contributed by atoms with E-state index in [2.05, 4.69) is 26.5 Å². The van der Waals surface area contributed by atoms with Crippen molar-refractivity contribution in [2.45, 2.75) is 12.8 Å². The number of carbonyl (C=O) groups excluding carboxylic acids is 1. The Morgan fingerprint density at radius 1 is 1.38 bits per heavy atom. The highest BCUT2D eigenvalue weighted by Crippen LogP contribution is 1.88. The van der Waals surface area contributed by atoms with Crippen molar-refractivity contribution in [1.82, 2.24) is 5.32 Å². The summed E-state index contributed by atoms with van der Waals surface area (Å²) in [5.41, 5.74) is 5.29. The van der Waals surface area contributed by atoms with Crippen LogP contribution in [-0.4, -0.2) is 51.2 Å². The summed E-state index contributed by atoms with van der Waals surface area (Å²) < 4.78 is 0.872. The lowest BCUT2D eigenvalue weighted by atomic mass is 10.3. The molecule has 0 atom stereocenters. The first-order valence-electron chi connectivity index (χ1n) is 4.73. The number of quaternary nitrogens is 1. The molecular weight excluding hydrogens is 166 g/mol. The lowest BCUT2D eigenvalue weighted by molar-refractivity contribution is -0.869. The van der Waals surface area contributed by atoms with Gasteiger partial charge in [-0.3, -0.25) is 4.79 Å². The van der Waals surface area contributed by atoms with Gasteiger partial charge in [0.15, 0.2) is 0 Å². The number of rotatable bonds is 6. The third kappa shape index (κ3) is 9.30. The zero-order chi connectivity index (χ0) is 10.3. The highest BCUT2D eigenvalue weighted by molar-refractivity contribution is 5.75. The fourth-order valence-corrected chi connectivity index (χ4v) is 0.882. The average molecular weight is 188 g/mol. The molecule has 1 amide bonds. The van der Waals surface area contributed by atoms with E-state index in [1.165, 1.54) is 0 Å². The molecule has 0 heterocycles. The van der Waals surface area contributed by atoms with Crippen LogP contribution in [0.4, 0.5) is 0 Å². The van der Waals surface area contributed by atoms with Gasteiger partial charge in [0.1, 0.15) is 0 Å². The number of likely N-dealkylation sites (N-methyl/N-ethyl adjacent to an activating group) is 1. The molecule has 0 saturated carbocycles. The molecule has 0 aromatic rings. The minimum absolute atomic E-state index is 0.110. The monoisotopic (exact) mass is 188 g/mol. The van der Waals surface area contributed by atoms with E-state index >= 15 is 0 Å². The second kappa shape index (κ2) is 5.94. The molecule has 0 rings (SSSR count). The Hall–Kier alpha value is -0.610. The number of amides is 1. The van der Waals surface area contributed by atoms with Crippen LogP contribution in [-0.2, 0) is 4.79 Å². The van der Waals surface area contributed by atoms with Crippen LogP contribution < -0.4 is 11.1 Å². The van der Waals surface area contributed by atoms with E-state index in [-0.39, 0.29) is 5.91 Å². The average Bonchev–Trinajstić information content (AvgIpc) is 1.98. The van der Waals surface area contributed by atoms with Crippen LogP contribution in [0.1, 0.15) is 12.8 Å². The van der Waals surface area contributed by atoms with E-state index in [4.69, 9.17) is 5.73 Å². The Morgan fingerprint density at radius 3 is 2.46 bits per heavy atom. The standard InChI is InChI=1S/C9H21N3O/c1-12(2,3)8-7-11-9(13)5-4-6-10/h4-8,10H2,1-3H3/p+1. The first-order chi connectivity index (χ1) is 5.95. The molecule has 0 aromatic heterocycles. The van der Waals surface area contributed by atoms with Crippen molar-refractivity contribution in [3.05, 3.63) is 0 Å². The lowest BCUT2D eigenvalue weighted by Gasteiger charge is -2.23. The van der Waals surface area contributed by atoms with Crippen molar-refractivity contribution >= 4 is 5.91 Å². The summed E-state index contributed by atoms with van der Waals surface area (Å²) in [6.45, 7) is 2.28. The summed E-state index contributed by atoms with van der Waals surface area (Å²) >= 11 is 0. The van der Waals surface area contributed by atoms with E-state index in [0.29, 0.717) is 13.0 Å². The van der Waals surface area contributed by atoms with Crippen LogP contribution in [0.15, 0.2) is 0 Å². The van der Waals surface area contributed by atoms with Gasteiger partial charge in [-0.15, -0.1) is 0 Å². The summed E-state index contributed by atoms with van der Waals surface area (Å²) in [5, 5.41) is 2.86. The molecule has 0 aliphatic heterocycles. The summed E-state index contributed by atoms with van der Waals surface area (Å²) in [5.74, 6) is 0.110. The molecule has 0 radical (unpaired) electrons. The molecular formula is C9H22N3O+. The number of hydrogen-bond acceptors (Lipinski definition) is 2. The molecule has 0 aliphatic rings. The Bertz CT molecular complexity index is 151. The predicted octanol–water partition coefficient (Wildman–Crippen LogP) is -0.452. The molecule has 0 fully saturated rings. The predicted molar refractivity (Wildman–Crippen MR) is 54.2 cm³/mol. The fourth-order valence-electron chi connectivity index (χ4n) is 0.882. The van der Waals surface area contributed by atoms with Gasteiger partial charge in [-0.2, -0.15) is 0 Å². The van der Waals surface area contributed by atoms with Crippen LogP contribution in [0.5, 0.6) is 0 Å². The van der Waals surface area contributed by atoms with Gasteiger partial charge in [0, 0.05) is 6.42 Å². The van der Waals surface area contributed by atoms with Crippen molar-refractivity contribution in [1.29, 1.82) is 0 Å². The topological polar surface area (TPSA) is 55.1 Å². The fraction of sp³-hybridized carbons (Fsp3) is 0.889. The van der Waals surface area contributed by atoms with Crippen LogP contribution in [0.3, 0.4) is 0 Å². The number of nitrogens with one attached hydrogen (secondary N) is 1. The van der Waals surface area contributed by atoms with Gasteiger partial charge in [-0.1, -0.05) is 0 Å². The van der Waals surface area contributed by atoms with Gasteiger partial charge in [0.05, 0.1) is 34.2 Å². The maximum Gasteiger partial charge on any atom is 0.220 e. The Kier molecular flexibility index (Phi) is 5.66. The molecule has 0 aliphatic carbocycles. The van der Waals surface area contributed by atoms with Gasteiger partial charge >= 0.3 is 0 Å². The molecule has 4 heteroatoms. The molecule has 0 unspecified atom stereocenters. The second-order valence-electron chi connectivity index (χ2n) is 4.26. The molecule has 0 aromatic carbocycles. The van der Waals surface area contributed by atoms with Crippen molar-refractivity contribution in [2.24, 2.45) is 5.73 Å². The maximum absolute atomic E-state index is 11.1. The van der Waals surface area contributed by atoms with Crippen molar-refractivity contribution in [3.63, 3.8) is 0 Å². The summed E-state index contributed by atoms with van der Waals surface area (Å²) in [6.07, 6.45) is 1.32. The third-order valence-electron chi connectivity index (χ3n) is 1.71. The molecule has 0 bridgehead atoms. The Balaban J connectivity index is 3.37. The van der Waals surface area contributed by atoms with Crippen molar-refractivity contribution in [2.75, 3.05) is 40.8 Å². The minimum atomic E-state index is 0.110. The van der Waals surface area contributed by atoms with E-state index in [0.717, 1.165) is 24.0 Å². The van der Waals surface area contributed by atoms with Crippen molar-refractivity contribution in [3.8, 4) is 0 Å². The van der Waals surface area contributed by atoms with Crippen LogP contribution in [0.25, 0.3) is 0 Å². The maximum atomic E-state index is 11.1. The SMILES string of the molecule is C[N+](C)(C)CCNC(=O)CCCN. The number of hydrogen-bond donors (Lipinski definition) is 2. The van der Waals surface area contributed by atoms with Gasteiger partial charge in [0.25, 0.3) is 0 Å². The largest absolute Gasteiger partial charge is 0.350 e. The van der Waals surface area contributed by atoms with Gasteiger partial charge < -0.3 is 15.5 Å². The zero-order valence-corrected chi connectivity index (χ0v) is 8.97. The van der Waals surface area contributed by atoms with Gasteiger partial charge in [-0.05, 0) is 13.0 Å². The smallest absolute Gasteiger partial charge is 0.220 e. The van der Waals surface area contributed by atoms with E-state index in [1.807, 2.05) is 0 Å². The van der Waals surface area contributed by atoms with Crippen LogP contribution in [0, 0.1) is 0 Å². The highest BCUT2D eigenvalue weighted by atomic mass is 16.1. The normalized spacial score (nSPS) is 11.4. The quantitative estimate of drug-likeness (QED) is 0.555. The minimum Gasteiger partial charge on any atom is -0.350 e. The molecule has 4 nitrogen and oxygen atoms in total. The molecule has 78 valence electrons. The number of carbonyl (C=O) groups is 1. The summed E-state index contributed by atoms with van der Waals surface area (Å²) in [6, 6.07) is 0. The second-order valence-corrected chi connectivity index (χ2v) is 4.26. The van der Waals surface area contributed by atoms with E-state index in [1.54, 1.807) is 0 Å². The van der Waals surface area contributed by atoms with E-state index in [9.17, 15) is 4.79 Å². The molecule has 0 saturated heterocycles. The first-order valence-corrected chi connectivity index (χ1v) is 4.73. The zero-order valence-electron chi connectivity index (χ0n) is 8.97. The lowest BCUT2D eigenvalue weighted by Crippen LogP contribution is -2.41. The number of nitrogens with zero attached hydrogens (tertiary/aromatic N) is 1. The van der Waals surface area contributed by atoms with Crippen LogP contribution >= 0.6 is 0 Å². The third-order valence-corrected chi connectivity index (χ3v) is 1.71. The summed E-state index contributed by atoms with van der Waals surface area (Å²) in [7, 11) is 6.31. The molecule has 13 heavy (non-hydrogen) atoms. The van der Waals surface area contributed by atoms with Gasteiger partial charge in [0.2, 0.25) is 5.91 Å². The number of nitrogens with two attached hydrogens (primary N) is 1. The molecule has 3 N–H and O–H groups in total. The first kappa shape index (κ1) is 12.4. The molecule has 0 spiro atoms. The highest BCUT2D eigenvalue weighted by Gasteiger charge is 2.07. The summed E-state index contributed by atoms with van der Waals surface area (Å²) in [4.78, 5) is 11.1. The Morgan fingerprint density at radius 2 is 2.00 bits per heavy atom. The Labute approximate surface area is 80.7 Å². The van der Waals surface area contributed by atoms with Crippen LogP contribution in [0.2, 0.25) is 0 Å².